The Morgan fingerprint density at radius 1 is 1.08 bits per heavy atom. The Labute approximate surface area is 189 Å². The van der Waals surface area contributed by atoms with Crippen molar-refractivity contribution in [1.82, 2.24) is 0 Å². The summed E-state index contributed by atoms with van der Waals surface area (Å²) in [7, 11) is 1.72. The molecular weight excluding hydrogens is 442 g/mol. The number of fused-ring (bicyclic) bond motifs is 3. The molecule has 26 heavy (non-hydrogen) atoms. The summed E-state index contributed by atoms with van der Waals surface area (Å²) in [5, 5.41) is 0. The van der Waals surface area contributed by atoms with E-state index in [-0.39, 0.29) is 51.0 Å². The number of halogens is 2. The maximum absolute atomic E-state index is 5.39. The van der Waals surface area contributed by atoms with Crippen LogP contribution in [-0.2, 0) is 32.6 Å². The van der Waals surface area contributed by atoms with Gasteiger partial charge >= 0.3 is 26.2 Å². The fourth-order valence-electron chi connectivity index (χ4n) is 2.58. The Kier molecular flexibility index (Phi) is 16.1. The Morgan fingerprint density at radius 3 is 2.31 bits per heavy atom. The third-order valence-electron chi connectivity index (χ3n) is 3.50. The van der Waals surface area contributed by atoms with E-state index in [4.69, 9.17) is 4.74 Å². The number of hydrogen-bond donors (Lipinski definition) is 0. The molecule has 4 rings (SSSR count). The van der Waals surface area contributed by atoms with Gasteiger partial charge in [-0.05, 0) is 12.0 Å². The van der Waals surface area contributed by atoms with Crippen LogP contribution in [0.5, 0.6) is 5.75 Å². The molecule has 0 spiro atoms. The molecule has 2 aromatic carbocycles. The normalized spacial score (nSPS) is 11.0. The van der Waals surface area contributed by atoms with Crippen molar-refractivity contribution in [2.75, 3.05) is 7.11 Å². The van der Waals surface area contributed by atoms with E-state index in [0.29, 0.717) is 0 Å². The molecule has 0 radical (unpaired) electrons. The van der Waals surface area contributed by atoms with Crippen molar-refractivity contribution in [2.24, 2.45) is 0 Å². The molecule has 0 bridgehead atoms. The average molecular weight is 466 g/mol. The summed E-state index contributed by atoms with van der Waals surface area (Å²) in [5.74, 6) is 0.952. The standard InChI is InChI=1S/C14H11O.C5H5.C3H7.2ClH.Zr/c1-15-13-8-4-6-11-9-10-5-2-3-7-12(10)14(11)13;1-2-4-5-3-1;1-3-2;;;/h2-5,7-8H,9H2,1H3;1-3H,4H2;3H,1-2H3;2*1H;/q3*-1;;;+2/p-2. The van der Waals surface area contributed by atoms with Crippen LogP contribution < -0.4 is 29.6 Å². The number of hydrogen-bond acceptors (Lipinski definition) is 1. The van der Waals surface area contributed by atoms with E-state index in [1.54, 1.807) is 7.11 Å². The zero-order chi connectivity index (χ0) is 16.5. The molecule has 1 nitrogen and oxygen atoms in total. The molecule has 2 aliphatic carbocycles. The van der Waals surface area contributed by atoms with E-state index in [1.807, 2.05) is 44.6 Å². The molecule has 0 aliphatic heterocycles. The molecule has 0 N–H and O–H groups in total. The van der Waals surface area contributed by atoms with Gasteiger partial charge in [-0.1, -0.05) is 35.4 Å². The predicted octanol–water partition coefficient (Wildman–Crippen LogP) is -0.392. The molecule has 0 saturated heterocycles. The number of rotatable bonds is 1. The summed E-state index contributed by atoms with van der Waals surface area (Å²) < 4.78 is 5.39. The molecule has 138 valence electrons. The molecule has 0 saturated carbocycles. The second-order valence-electron chi connectivity index (χ2n) is 5.31. The van der Waals surface area contributed by atoms with Crippen LogP contribution in [0.3, 0.4) is 0 Å². The van der Waals surface area contributed by atoms with Crippen LogP contribution >= 0.6 is 0 Å². The van der Waals surface area contributed by atoms with Gasteiger partial charge in [-0.25, -0.2) is 12.2 Å². The largest absolute Gasteiger partial charge is 2.00 e. The second kappa shape index (κ2) is 15.3. The first kappa shape index (κ1) is 27.4. The van der Waals surface area contributed by atoms with Crippen LogP contribution in [0.4, 0.5) is 0 Å². The summed E-state index contributed by atoms with van der Waals surface area (Å²) >= 11 is 0. The zero-order valence-electron chi connectivity index (χ0n) is 15.4. The topological polar surface area (TPSA) is 9.23 Å². The number of methoxy groups -OCH3 is 1. The van der Waals surface area contributed by atoms with Crippen molar-refractivity contribution in [3.05, 3.63) is 84.3 Å². The van der Waals surface area contributed by atoms with Gasteiger partial charge in [0.2, 0.25) is 0 Å². The third-order valence-corrected chi connectivity index (χ3v) is 3.50. The minimum Gasteiger partial charge on any atom is -1.00 e. The van der Waals surface area contributed by atoms with Gasteiger partial charge in [-0.15, -0.1) is 18.1 Å². The fraction of sp³-hybridized carbons (Fsp3) is 0.227. The first-order valence-electron chi connectivity index (χ1n) is 7.93. The van der Waals surface area contributed by atoms with Gasteiger partial charge in [0.15, 0.2) is 0 Å². The van der Waals surface area contributed by atoms with E-state index >= 15 is 0 Å². The first-order valence-corrected chi connectivity index (χ1v) is 7.93. The molecule has 0 fully saturated rings. The summed E-state index contributed by atoms with van der Waals surface area (Å²) in [6.45, 7) is 4.00. The maximum Gasteiger partial charge on any atom is 2.00 e. The van der Waals surface area contributed by atoms with Gasteiger partial charge in [-0.2, -0.15) is 32.1 Å². The molecule has 0 heterocycles. The minimum absolute atomic E-state index is 0. The van der Waals surface area contributed by atoms with Crippen LogP contribution in [-0.4, -0.2) is 7.11 Å². The van der Waals surface area contributed by atoms with Gasteiger partial charge < -0.3 is 36.0 Å². The molecule has 4 heteroatoms. The van der Waals surface area contributed by atoms with Crippen molar-refractivity contribution in [3.8, 4) is 16.9 Å². The second-order valence-corrected chi connectivity index (χ2v) is 5.31. The number of benzene rings is 2. The van der Waals surface area contributed by atoms with Crippen molar-refractivity contribution in [3.63, 3.8) is 0 Å². The molecule has 0 atom stereocenters. The molecular formula is C22H23Cl2OZr-3. The average Bonchev–Trinajstić information content (AvgIpc) is 3.26. The summed E-state index contributed by atoms with van der Waals surface area (Å²) in [4.78, 5) is 0. The third kappa shape index (κ3) is 7.43. The maximum atomic E-state index is 5.39. The fourth-order valence-corrected chi connectivity index (χ4v) is 2.58. The number of ether oxygens (including phenoxy) is 1. The van der Waals surface area contributed by atoms with E-state index in [1.165, 1.54) is 22.3 Å². The molecule has 0 amide bonds. The van der Waals surface area contributed by atoms with E-state index in [0.717, 1.165) is 18.6 Å². The summed E-state index contributed by atoms with van der Waals surface area (Å²) in [5.41, 5.74) is 5.13. The van der Waals surface area contributed by atoms with Gasteiger partial charge in [0.1, 0.15) is 0 Å². The van der Waals surface area contributed by atoms with E-state index in [2.05, 4.69) is 42.5 Å². The SMILES string of the molecule is COc1cc[c-]c2c1-c1ccccc1C2.C[CH-]C.[C-]1=CC=CC1.[Cl-].[Cl-].[Zr+2]. The van der Waals surface area contributed by atoms with E-state index < -0.39 is 0 Å². The molecule has 2 aromatic rings. The van der Waals surface area contributed by atoms with Crippen molar-refractivity contribution in [2.45, 2.75) is 26.7 Å². The Morgan fingerprint density at radius 2 is 1.77 bits per heavy atom. The van der Waals surface area contributed by atoms with Crippen LogP contribution in [0, 0.1) is 18.6 Å². The van der Waals surface area contributed by atoms with Crippen molar-refractivity contribution in [1.29, 1.82) is 0 Å². The smallest absolute Gasteiger partial charge is 1.00 e. The van der Waals surface area contributed by atoms with Crippen LogP contribution in [0.1, 0.15) is 31.4 Å². The molecule has 2 aliphatic rings. The van der Waals surface area contributed by atoms with Crippen molar-refractivity contribution < 1.29 is 55.8 Å². The molecule has 0 aromatic heterocycles. The summed E-state index contributed by atoms with van der Waals surface area (Å²) in [6, 6.07) is 15.7. The van der Waals surface area contributed by atoms with E-state index in [9.17, 15) is 0 Å². The first-order chi connectivity index (χ1) is 11.3. The Hall–Kier alpha value is -0.817. The quantitative estimate of drug-likeness (QED) is 0.445. The van der Waals surface area contributed by atoms with Gasteiger partial charge in [0.25, 0.3) is 0 Å². The predicted molar refractivity (Wildman–Crippen MR) is 97.3 cm³/mol. The van der Waals surface area contributed by atoms with Gasteiger partial charge in [-0.3, -0.25) is 6.08 Å². The van der Waals surface area contributed by atoms with Crippen LogP contribution in [0.15, 0.2) is 54.6 Å². The summed E-state index contributed by atoms with van der Waals surface area (Å²) in [6.07, 6.45) is 13.0. The van der Waals surface area contributed by atoms with Gasteiger partial charge in [0, 0.05) is 5.75 Å². The van der Waals surface area contributed by atoms with Gasteiger partial charge in [0.05, 0.1) is 7.11 Å². The Balaban J connectivity index is 0. The monoisotopic (exact) mass is 463 g/mol. The van der Waals surface area contributed by atoms with Crippen LogP contribution in [0.2, 0.25) is 0 Å². The Bertz CT molecular complexity index is 686. The zero-order valence-corrected chi connectivity index (χ0v) is 19.3. The molecule has 0 unspecified atom stereocenters. The number of allylic oxidation sites excluding steroid dienone is 4. The minimum atomic E-state index is 0. The van der Waals surface area contributed by atoms with Crippen molar-refractivity contribution >= 4 is 0 Å². The van der Waals surface area contributed by atoms with Crippen LogP contribution in [0.25, 0.3) is 11.1 Å².